The van der Waals surface area contributed by atoms with Crippen molar-refractivity contribution in [2.45, 2.75) is 33.3 Å². The van der Waals surface area contributed by atoms with Crippen molar-refractivity contribution in [2.24, 2.45) is 0 Å². The summed E-state index contributed by atoms with van der Waals surface area (Å²) in [5.74, 6) is -0.989. The van der Waals surface area contributed by atoms with Crippen molar-refractivity contribution in [2.75, 3.05) is 0 Å². The van der Waals surface area contributed by atoms with E-state index in [1.165, 1.54) is 0 Å². The van der Waals surface area contributed by atoms with E-state index in [1.807, 2.05) is 32.9 Å². The molecule has 0 spiro atoms. The van der Waals surface area contributed by atoms with Crippen molar-refractivity contribution in [3.05, 3.63) is 69.8 Å². The van der Waals surface area contributed by atoms with E-state index in [4.69, 9.17) is 0 Å². The molecule has 0 saturated heterocycles. The van der Waals surface area contributed by atoms with E-state index >= 15 is 0 Å². The lowest BCUT2D eigenvalue weighted by Crippen LogP contribution is -2.06. The molecule has 106 valence electrons. The van der Waals surface area contributed by atoms with Gasteiger partial charge in [-0.3, -0.25) is 0 Å². The van der Waals surface area contributed by atoms with Crippen molar-refractivity contribution in [1.82, 2.24) is 0 Å². The van der Waals surface area contributed by atoms with Crippen molar-refractivity contribution in [3.63, 3.8) is 0 Å². The summed E-state index contributed by atoms with van der Waals surface area (Å²) < 4.78 is 26.8. The van der Waals surface area contributed by atoms with Gasteiger partial charge in [-0.05, 0) is 66.8 Å². The fourth-order valence-electron chi connectivity index (χ4n) is 2.36. The fourth-order valence-corrected chi connectivity index (χ4v) is 2.36. The minimum Gasteiger partial charge on any atom is -0.388 e. The van der Waals surface area contributed by atoms with E-state index in [-0.39, 0.29) is 12.0 Å². The first-order chi connectivity index (χ1) is 9.38. The highest BCUT2D eigenvalue weighted by Crippen LogP contribution is 2.25. The van der Waals surface area contributed by atoms with Crippen molar-refractivity contribution in [1.29, 1.82) is 0 Å². The molecule has 0 radical (unpaired) electrons. The number of halogens is 2. The number of rotatable bonds is 3. The zero-order valence-electron chi connectivity index (χ0n) is 11.9. The molecule has 0 aliphatic carbocycles. The molecule has 0 saturated carbocycles. The lowest BCUT2D eigenvalue weighted by molar-refractivity contribution is 0.176. The first-order valence-electron chi connectivity index (χ1n) is 6.58. The number of aryl methyl sites for hydroxylation is 3. The Kier molecular flexibility index (Phi) is 4.19. The van der Waals surface area contributed by atoms with Crippen LogP contribution >= 0.6 is 0 Å². The van der Waals surface area contributed by atoms with E-state index in [1.54, 1.807) is 0 Å². The van der Waals surface area contributed by atoms with E-state index < -0.39 is 17.7 Å². The molecule has 0 amide bonds. The van der Waals surface area contributed by atoms with Crippen LogP contribution in [0.4, 0.5) is 8.78 Å². The molecule has 0 bridgehead atoms. The summed E-state index contributed by atoms with van der Waals surface area (Å²) in [7, 11) is 0. The summed E-state index contributed by atoms with van der Waals surface area (Å²) in [6.45, 7) is 5.88. The van der Waals surface area contributed by atoms with Gasteiger partial charge < -0.3 is 5.11 Å². The molecule has 20 heavy (non-hydrogen) atoms. The smallest absolute Gasteiger partial charge is 0.126 e. The second kappa shape index (κ2) is 5.71. The summed E-state index contributed by atoms with van der Waals surface area (Å²) in [5.41, 5.74) is 4.13. The van der Waals surface area contributed by atoms with Crippen LogP contribution in [-0.2, 0) is 6.42 Å². The van der Waals surface area contributed by atoms with Crippen LogP contribution in [0.1, 0.15) is 33.9 Å². The van der Waals surface area contributed by atoms with Crippen LogP contribution in [0.25, 0.3) is 0 Å². The largest absolute Gasteiger partial charge is 0.388 e. The molecular weight excluding hydrogens is 258 g/mol. The average molecular weight is 276 g/mol. The van der Waals surface area contributed by atoms with E-state index in [2.05, 4.69) is 0 Å². The van der Waals surface area contributed by atoms with Crippen LogP contribution in [0.5, 0.6) is 0 Å². The number of hydrogen-bond acceptors (Lipinski definition) is 1. The van der Waals surface area contributed by atoms with Gasteiger partial charge in [0.1, 0.15) is 11.6 Å². The third kappa shape index (κ3) is 3.05. The molecule has 2 aromatic rings. The van der Waals surface area contributed by atoms with Gasteiger partial charge in [0, 0.05) is 6.42 Å². The Morgan fingerprint density at radius 2 is 1.60 bits per heavy atom. The quantitative estimate of drug-likeness (QED) is 0.892. The minimum atomic E-state index is -0.842. The Morgan fingerprint density at radius 3 is 2.30 bits per heavy atom. The van der Waals surface area contributed by atoms with Crippen molar-refractivity contribution in [3.8, 4) is 0 Å². The van der Waals surface area contributed by atoms with Crippen LogP contribution < -0.4 is 0 Å². The molecule has 3 heteroatoms. The second-order valence-electron chi connectivity index (χ2n) is 5.25. The zero-order chi connectivity index (χ0) is 14.9. The van der Waals surface area contributed by atoms with Gasteiger partial charge in [-0.1, -0.05) is 12.1 Å². The van der Waals surface area contributed by atoms with Crippen LogP contribution in [0.2, 0.25) is 0 Å². The van der Waals surface area contributed by atoms with Gasteiger partial charge in [0.05, 0.1) is 6.10 Å². The average Bonchev–Trinajstić information content (AvgIpc) is 2.38. The molecule has 0 aliphatic rings. The van der Waals surface area contributed by atoms with Crippen LogP contribution in [0.15, 0.2) is 30.3 Å². The molecule has 1 unspecified atom stereocenters. The summed E-state index contributed by atoms with van der Waals surface area (Å²) >= 11 is 0. The lowest BCUT2D eigenvalue weighted by Gasteiger charge is -2.16. The van der Waals surface area contributed by atoms with E-state index in [9.17, 15) is 13.9 Å². The van der Waals surface area contributed by atoms with E-state index in [0.29, 0.717) is 0 Å². The molecule has 2 rings (SSSR count). The van der Waals surface area contributed by atoms with Crippen LogP contribution in [0, 0.1) is 32.4 Å². The van der Waals surface area contributed by atoms with Crippen molar-refractivity contribution < 1.29 is 13.9 Å². The Balaban J connectivity index is 2.30. The summed E-state index contributed by atoms with van der Waals surface area (Å²) in [4.78, 5) is 0. The van der Waals surface area contributed by atoms with Crippen molar-refractivity contribution >= 4 is 0 Å². The predicted octanol–water partition coefficient (Wildman–Crippen LogP) is 4.17. The molecule has 2 aromatic carbocycles. The standard InChI is InChI=1S/C17H18F2O/c1-10-6-12(3)15(7-11(10)2)17(20)9-13-8-14(18)4-5-16(13)19/h4-8,17,20H,9H2,1-3H3. The zero-order valence-corrected chi connectivity index (χ0v) is 11.9. The molecule has 1 nitrogen and oxygen atoms in total. The first kappa shape index (κ1) is 14.7. The summed E-state index contributed by atoms with van der Waals surface area (Å²) in [6, 6.07) is 7.20. The van der Waals surface area contributed by atoms with Crippen LogP contribution in [-0.4, -0.2) is 5.11 Å². The van der Waals surface area contributed by atoms with E-state index in [0.717, 1.165) is 40.5 Å². The highest BCUT2D eigenvalue weighted by atomic mass is 19.1. The third-order valence-corrected chi connectivity index (χ3v) is 3.66. The van der Waals surface area contributed by atoms with Gasteiger partial charge in [-0.15, -0.1) is 0 Å². The SMILES string of the molecule is Cc1cc(C)c(C(O)Cc2cc(F)ccc2F)cc1C. The van der Waals surface area contributed by atoms with Gasteiger partial charge in [-0.2, -0.15) is 0 Å². The normalized spacial score (nSPS) is 12.5. The summed E-state index contributed by atoms with van der Waals surface area (Å²) in [5, 5.41) is 10.3. The lowest BCUT2D eigenvalue weighted by atomic mass is 9.94. The van der Waals surface area contributed by atoms with Gasteiger partial charge in [0.2, 0.25) is 0 Å². The molecule has 1 atom stereocenters. The molecule has 0 aromatic heterocycles. The topological polar surface area (TPSA) is 20.2 Å². The maximum Gasteiger partial charge on any atom is 0.126 e. The Bertz CT molecular complexity index is 635. The molecule has 0 fully saturated rings. The molecule has 0 heterocycles. The highest BCUT2D eigenvalue weighted by Gasteiger charge is 2.15. The van der Waals surface area contributed by atoms with Crippen LogP contribution in [0.3, 0.4) is 0 Å². The third-order valence-electron chi connectivity index (χ3n) is 3.66. The maximum absolute atomic E-state index is 13.6. The molecule has 1 N–H and O–H groups in total. The molecular formula is C17H18F2O. The number of benzene rings is 2. The van der Waals surface area contributed by atoms with Gasteiger partial charge >= 0.3 is 0 Å². The Labute approximate surface area is 117 Å². The fraction of sp³-hybridized carbons (Fsp3) is 0.294. The highest BCUT2D eigenvalue weighted by molar-refractivity contribution is 5.38. The summed E-state index contributed by atoms with van der Waals surface area (Å²) in [6.07, 6.45) is -0.780. The second-order valence-corrected chi connectivity index (χ2v) is 5.25. The predicted molar refractivity (Wildman–Crippen MR) is 75.7 cm³/mol. The van der Waals surface area contributed by atoms with Gasteiger partial charge in [-0.25, -0.2) is 8.78 Å². The molecule has 0 aliphatic heterocycles. The minimum absolute atomic E-state index is 0.0624. The Morgan fingerprint density at radius 1 is 0.950 bits per heavy atom. The maximum atomic E-state index is 13.6. The number of aliphatic hydroxyl groups is 1. The first-order valence-corrected chi connectivity index (χ1v) is 6.58. The number of aliphatic hydroxyl groups excluding tert-OH is 1. The Hall–Kier alpha value is -1.74. The monoisotopic (exact) mass is 276 g/mol. The van der Waals surface area contributed by atoms with Gasteiger partial charge in [0.15, 0.2) is 0 Å². The van der Waals surface area contributed by atoms with Gasteiger partial charge in [0.25, 0.3) is 0 Å². The number of hydrogen-bond donors (Lipinski definition) is 1.